The second kappa shape index (κ2) is 5.88. The van der Waals surface area contributed by atoms with Crippen LogP contribution in [-0.2, 0) is 11.8 Å². The Hall–Kier alpha value is -2.34. The number of anilines is 1. The number of nitrogens with zero attached hydrogens (tertiary/aromatic N) is 2. The third kappa shape index (κ3) is 2.61. The monoisotopic (exact) mass is 340 g/mol. The highest BCUT2D eigenvalue weighted by atomic mass is 16.2. The van der Waals surface area contributed by atoms with Crippen molar-refractivity contribution in [1.82, 2.24) is 14.7 Å². The fourth-order valence-corrected chi connectivity index (χ4v) is 4.12. The van der Waals surface area contributed by atoms with Gasteiger partial charge in [0.2, 0.25) is 5.91 Å². The zero-order chi connectivity index (χ0) is 17.6. The van der Waals surface area contributed by atoms with Crippen molar-refractivity contribution in [2.45, 2.75) is 26.2 Å². The average Bonchev–Trinajstić information content (AvgIpc) is 3.28. The molecule has 1 atom stereocenters. The van der Waals surface area contributed by atoms with Crippen LogP contribution in [0, 0.1) is 18.3 Å². The van der Waals surface area contributed by atoms with E-state index in [1.54, 1.807) is 9.36 Å². The summed E-state index contributed by atoms with van der Waals surface area (Å²) >= 11 is 0. The lowest BCUT2D eigenvalue weighted by molar-refractivity contribution is -0.118. The van der Waals surface area contributed by atoms with Crippen LogP contribution in [0.15, 0.2) is 35.1 Å². The second-order valence-corrected chi connectivity index (χ2v) is 7.29. The predicted molar refractivity (Wildman–Crippen MR) is 97.0 cm³/mol. The molecule has 1 amide bonds. The number of hydrogen-bond acceptors (Lipinski definition) is 3. The molecule has 1 aliphatic carbocycles. The van der Waals surface area contributed by atoms with Crippen molar-refractivity contribution in [3.05, 3.63) is 46.4 Å². The number of carbonyl (C=O) groups excluding carboxylic acids is 1. The van der Waals surface area contributed by atoms with Crippen molar-refractivity contribution in [3.8, 4) is 5.69 Å². The van der Waals surface area contributed by atoms with Gasteiger partial charge in [0.25, 0.3) is 5.56 Å². The minimum atomic E-state index is -0.181. The fraction of sp³-hybridized carbons (Fsp3) is 0.474. The zero-order valence-electron chi connectivity index (χ0n) is 14.7. The summed E-state index contributed by atoms with van der Waals surface area (Å²) in [5, 5.41) is 6.28. The van der Waals surface area contributed by atoms with E-state index in [2.05, 4.69) is 10.6 Å². The van der Waals surface area contributed by atoms with Crippen molar-refractivity contribution in [3.63, 3.8) is 0 Å². The van der Waals surface area contributed by atoms with Gasteiger partial charge in [0.1, 0.15) is 5.69 Å². The van der Waals surface area contributed by atoms with Crippen LogP contribution in [0.2, 0.25) is 0 Å². The first-order valence-corrected chi connectivity index (χ1v) is 8.89. The molecule has 1 aliphatic heterocycles. The number of piperidine rings is 1. The maximum atomic E-state index is 12.9. The summed E-state index contributed by atoms with van der Waals surface area (Å²) < 4.78 is 3.39. The van der Waals surface area contributed by atoms with Crippen LogP contribution in [0.4, 0.5) is 5.69 Å². The van der Waals surface area contributed by atoms with Crippen LogP contribution in [0.25, 0.3) is 5.69 Å². The van der Waals surface area contributed by atoms with Crippen molar-refractivity contribution >= 4 is 11.6 Å². The van der Waals surface area contributed by atoms with Gasteiger partial charge in [-0.15, -0.1) is 0 Å². The van der Waals surface area contributed by atoms with E-state index in [9.17, 15) is 9.59 Å². The van der Waals surface area contributed by atoms with E-state index >= 15 is 0 Å². The largest absolute Gasteiger partial charge is 0.320 e. The van der Waals surface area contributed by atoms with Crippen LogP contribution < -0.4 is 16.2 Å². The molecule has 2 aromatic rings. The molecule has 1 aromatic carbocycles. The number of nitrogens with one attached hydrogen (secondary N) is 2. The Kier molecular flexibility index (Phi) is 3.80. The zero-order valence-corrected chi connectivity index (χ0v) is 14.7. The number of hydrogen-bond donors (Lipinski definition) is 2. The number of carbonyl (C=O) groups is 1. The molecule has 0 radical (unpaired) electrons. The third-order valence-electron chi connectivity index (χ3n) is 5.91. The van der Waals surface area contributed by atoms with E-state index < -0.39 is 0 Å². The Morgan fingerprint density at radius 3 is 2.60 bits per heavy atom. The minimum Gasteiger partial charge on any atom is -0.320 e. The van der Waals surface area contributed by atoms with Crippen LogP contribution >= 0.6 is 0 Å². The van der Waals surface area contributed by atoms with Crippen LogP contribution in [-0.4, -0.2) is 28.4 Å². The number of para-hydroxylation sites is 1. The molecule has 1 saturated heterocycles. The van der Waals surface area contributed by atoms with Gasteiger partial charge in [0, 0.05) is 13.0 Å². The standard InChI is InChI=1S/C19H24N4O2/c1-13-16(18(25)23(22(13)2)14-6-4-3-5-7-14)21-17(24)15-12-19(15)8-10-20-11-9-19/h3-7,15,20H,8-12H2,1-2H3,(H,21,24). The van der Waals surface area contributed by atoms with Crippen LogP contribution in [0.3, 0.4) is 0 Å². The molecule has 1 spiro atoms. The molecular weight excluding hydrogens is 316 g/mol. The third-order valence-corrected chi connectivity index (χ3v) is 5.91. The summed E-state index contributed by atoms with van der Waals surface area (Å²) in [5.41, 5.74) is 1.94. The highest BCUT2D eigenvalue weighted by Gasteiger charge is 2.57. The number of benzene rings is 1. The van der Waals surface area contributed by atoms with Crippen molar-refractivity contribution in [2.75, 3.05) is 18.4 Å². The lowest BCUT2D eigenvalue weighted by atomic mass is 9.92. The van der Waals surface area contributed by atoms with Gasteiger partial charge in [-0.3, -0.25) is 14.3 Å². The molecule has 2 fully saturated rings. The van der Waals surface area contributed by atoms with Crippen LogP contribution in [0.1, 0.15) is 25.0 Å². The second-order valence-electron chi connectivity index (χ2n) is 7.29. The van der Waals surface area contributed by atoms with Gasteiger partial charge >= 0.3 is 0 Å². The topological polar surface area (TPSA) is 68.1 Å². The maximum absolute atomic E-state index is 12.9. The highest BCUT2D eigenvalue weighted by Crippen LogP contribution is 2.58. The maximum Gasteiger partial charge on any atom is 0.295 e. The normalized spacial score (nSPS) is 21.3. The van der Waals surface area contributed by atoms with Crippen molar-refractivity contribution in [2.24, 2.45) is 18.4 Å². The van der Waals surface area contributed by atoms with Gasteiger partial charge in [-0.1, -0.05) is 18.2 Å². The molecule has 25 heavy (non-hydrogen) atoms. The minimum absolute atomic E-state index is 0.00656. The SMILES string of the molecule is Cc1c(NC(=O)C2CC23CCNCC3)c(=O)n(-c2ccccc2)n1C. The molecular formula is C19H24N4O2. The summed E-state index contributed by atoms with van der Waals surface area (Å²) in [7, 11) is 1.84. The first-order valence-electron chi connectivity index (χ1n) is 8.89. The fourth-order valence-electron chi connectivity index (χ4n) is 4.12. The number of aromatic nitrogens is 2. The quantitative estimate of drug-likeness (QED) is 0.895. The van der Waals surface area contributed by atoms with Gasteiger partial charge < -0.3 is 10.6 Å². The molecule has 6 nitrogen and oxygen atoms in total. The van der Waals surface area contributed by atoms with Gasteiger partial charge in [-0.25, -0.2) is 4.68 Å². The van der Waals surface area contributed by atoms with Gasteiger partial charge in [0.15, 0.2) is 0 Å². The van der Waals surface area contributed by atoms with E-state index in [1.165, 1.54) is 0 Å². The molecule has 1 saturated carbocycles. The lowest BCUT2D eigenvalue weighted by Gasteiger charge is -2.23. The molecule has 0 bridgehead atoms. The number of amides is 1. The molecule has 1 unspecified atom stereocenters. The van der Waals surface area contributed by atoms with E-state index in [0.717, 1.165) is 43.7 Å². The molecule has 2 N–H and O–H groups in total. The highest BCUT2D eigenvalue weighted by molar-refractivity contribution is 5.95. The van der Waals surface area contributed by atoms with E-state index in [1.807, 2.05) is 44.3 Å². The first-order chi connectivity index (χ1) is 12.0. The summed E-state index contributed by atoms with van der Waals surface area (Å²) in [6.07, 6.45) is 3.04. The Labute approximate surface area is 146 Å². The summed E-state index contributed by atoms with van der Waals surface area (Å²) in [6, 6.07) is 9.48. The molecule has 2 heterocycles. The van der Waals surface area contributed by atoms with Crippen molar-refractivity contribution < 1.29 is 4.79 Å². The molecule has 132 valence electrons. The Balaban J connectivity index is 1.60. The Morgan fingerprint density at radius 1 is 1.24 bits per heavy atom. The van der Waals surface area contributed by atoms with Crippen molar-refractivity contribution in [1.29, 1.82) is 0 Å². The predicted octanol–water partition coefficient (Wildman–Crippen LogP) is 1.81. The summed E-state index contributed by atoms with van der Waals surface area (Å²) in [6.45, 7) is 3.83. The first kappa shape index (κ1) is 16.1. The van der Waals surface area contributed by atoms with Gasteiger partial charge in [-0.2, -0.15) is 0 Å². The lowest BCUT2D eigenvalue weighted by Crippen LogP contribution is -2.32. The smallest absolute Gasteiger partial charge is 0.295 e. The summed E-state index contributed by atoms with van der Waals surface area (Å²) in [5.74, 6) is 0.0340. The van der Waals surface area contributed by atoms with E-state index in [4.69, 9.17) is 0 Å². The van der Waals surface area contributed by atoms with Gasteiger partial charge in [-0.05, 0) is 56.8 Å². The van der Waals surface area contributed by atoms with E-state index in [-0.39, 0.29) is 22.8 Å². The van der Waals surface area contributed by atoms with E-state index in [0.29, 0.717) is 5.69 Å². The molecule has 6 heteroatoms. The molecule has 4 rings (SSSR count). The van der Waals surface area contributed by atoms with Gasteiger partial charge in [0.05, 0.1) is 11.4 Å². The Morgan fingerprint density at radius 2 is 1.92 bits per heavy atom. The number of rotatable bonds is 3. The summed E-state index contributed by atoms with van der Waals surface area (Å²) in [4.78, 5) is 25.6. The van der Waals surface area contributed by atoms with Crippen LogP contribution in [0.5, 0.6) is 0 Å². The molecule has 1 aromatic heterocycles. The Bertz CT molecular complexity index is 860. The molecule has 2 aliphatic rings. The average molecular weight is 340 g/mol.